The first kappa shape index (κ1) is 4.68. The van der Waals surface area contributed by atoms with Gasteiger partial charge in [0.25, 0.3) is 0 Å². The van der Waals surface area contributed by atoms with E-state index in [2.05, 4.69) is 16.1 Å². The Morgan fingerprint density at radius 2 is 2.44 bits per heavy atom. The van der Waals surface area contributed by atoms with E-state index in [0.717, 1.165) is 12.3 Å². The Morgan fingerprint density at radius 1 is 1.44 bits per heavy atom. The number of dihydropyridines is 1. The van der Waals surface area contributed by atoms with Gasteiger partial charge in [-0.2, -0.15) is 0 Å². The van der Waals surface area contributed by atoms with Gasteiger partial charge >= 0.3 is 0 Å². The Kier molecular flexibility index (Phi) is 0.859. The van der Waals surface area contributed by atoms with Gasteiger partial charge < -0.3 is 0 Å². The number of nitrogens with zero attached hydrogens (tertiary/aromatic N) is 2. The molecular weight excluding hydrogens is 112 g/mol. The highest BCUT2D eigenvalue weighted by molar-refractivity contribution is 6.40. The largest absolute Gasteiger partial charge is 0.287 e. The van der Waals surface area contributed by atoms with E-state index in [0.29, 0.717) is 0 Å². The van der Waals surface area contributed by atoms with Gasteiger partial charge in [0.15, 0.2) is 0 Å². The molecule has 0 aromatic rings. The number of rotatable bonds is 0. The zero-order valence-electron chi connectivity index (χ0n) is 4.91. The smallest absolute Gasteiger partial charge is 0.0878 e. The molecule has 2 aliphatic heterocycles. The number of aliphatic imine (C=N–C) groups is 2. The van der Waals surface area contributed by atoms with Crippen molar-refractivity contribution in [1.82, 2.24) is 0 Å². The van der Waals surface area contributed by atoms with Gasteiger partial charge in [0.2, 0.25) is 0 Å². The summed E-state index contributed by atoms with van der Waals surface area (Å²) in [5.41, 5.74) is 2.21. The Labute approximate surface area is 53.3 Å². The average molecular weight is 118 g/mol. The molecule has 0 amide bonds. The van der Waals surface area contributed by atoms with Crippen LogP contribution in [0.1, 0.15) is 0 Å². The topological polar surface area (TPSA) is 24.7 Å². The van der Waals surface area contributed by atoms with Crippen molar-refractivity contribution in [2.45, 2.75) is 0 Å². The van der Waals surface area contributed by atoms with Gasteiger partial charge in [-0.1, -0.05) is 6.08 Å². The van der Waals surface area contributed by atoms with Crippen LogP contribution in [0.4, 0.5) is 0 Å². The lowest BCUT2D eigenvalue weighted by Gasteiger charge is -1.99. The molecule has 9 heavy (non-hydrogen) atoms. The van der Waals surface area contributed by atoms with Crippen molar-refractivity contribution in [1.29, 1.82) is 0 Å². The molecule has 0 aromatic carbocycles. The molecule has 0 fully saturated rings. The normalized spacial score (nSPS) is 21.3. The van der Waals surface area contributed by atoms with E-state index < -0.39 is 0 Å². The van der Waals surface area contributed by atoms with E-state index in [9.17, 15) is 0 Å². The van der Waals surface area contributed by atoms with E-state index in [-0.39, 0.29) is 0 Å². The number of hydrogen-bond donors (Lipinski definition) is 0. The molecule has 0 N–H and O–H groups in total. The summed E-state index contributed by atoms with van der Waals surface area (Å²) in [5, 5.41) is 0. The molecule has 2 heteroatoms. The highest BCUT2D eigenvalue weighted by Crippen LogP contribution is 2.09. The Balaban J connectivity index is 2.46. The van der Waals surface area contributed by atoms with E-state index in [1.807, 2.05) is 12.3 Å². The fraction of sp³-hybridized carbons (Fsp3) is 0.143. The van der Waals surface area contributed by atoms with Gasteiger partial charge in [0.1, 0.15) is 0 Å². The molecule has 0 saturated heterocycles. The Morgan fingerprint density at radius 3 is 3.33 bits per heavy atom. The minimum absolute atomic E-state index is 0.804. The standard InChI is InChI=1S/C7H6N2/c1-3-8-5-7-6(1)2-4-9-7/h1-2,4-5H,3H2. The summed E-state index contributed by atoms with van der Waals surface area (Å²) in [4.78, 5) is 8.12. The quantitative estimate of drug-likeness (QED) is 0.452. The van der Waals surface area contributed by atoms with Gasteiger partial charge in [0.05, 0.1) is 12.3 Å². The molecule has 0 atom stereocenters. The fourth-order valence-corrected chi connectivity index (χ4v) is 0.928. The van der Waals surface area contributed by atoms with Crippen LogP contribution in [0, 0.1) is 0 Å². The summed E-state index contributed by atoms with van der Waals surface area (Å²) >= 11 is 0. The Bertz CT molecular complexity index is 244. The first-order valence-corrected chi connectivity index (χ1v) is 2.91. The molecule has 0 saturated carbocycles. The number of fused-ring (bicyclic) bond motifs is 1. The summed E-state index contributed by atoms with van der Waals surface area (Å²) in [6, 6.07) is 0. The minimum atomic E-state index is 0.804. The van der Waals surface area contributed by atoms with Crippen LogP contribution in [0.25, 0.3) is 0 Å². The van der Waals surface area contributed by atoms with Gasteiger partial charge in [-0.05, 0) is 6.08 Å². The number of hydrogen-bond acceptors (Lipinski definition) is 2. The highest BCUT2D eigenvalue weighted by Gasteiger charge is 2.06. The van der Waals surface area contributed by atoms with Crippen LogP contribution < -0.4 is 0 Å². The highest BCUT2D eigenvalue weighted by atomic mass is 14.8. The van der Waals surface area contributed by atoms with Crippen LogP contribution in [0.15, 0.2) is 33.9 Å². The summed E-state index contributed by atoms with van der Waals surface area (Å²) in [6.07, 6.45) is 7.69. The second-order valence-corrected chi connectivity index (χ2v) is 1.98. The molecule has 0 radical (unpaired) electrons. The fourth-order valence-electron chi connectivity index (χ4n) is 0.928. The molecule has 0 spiro atoms. The van der Waals surface area contributed by atoms with Crippen molar-refractivity contribution in [2.75, 3.05) is 6.54 Å². The van der Waals surface area contributed by atoms with Crippen molar-refractivity contribution < 1.29 is 0 Å². The van der Waals surface area contributed by atoms with Crippen LogP contribution in [0.3, 0.4) is 0 Å². The second kappa shape index (κ2) is 1.65. The van der Waals surface area contributed by atoms with Crippen molar-refractivity contribution in [3.05, 3.63) is 23.9 Å². The van der Waals surface area contributed by atoms with Crippen LogP contribution in [-0.4, -0.2) is 18.5 Å². The lowest BCUT2D eigenvalue weighted by Crippen LogP contribution is -2.04. The zero-order valence-corrected chi connectivity index (χ0v) is 4.91. The third-order valence-electron chi connectivity index (χ3n) is 1.39. The van der Waals surface area contributed by atoms with Crippen molar-refractivity contribution in [2.24, 2.45) is 9.98 Å². The maximum absolute atomic E-state index is 4.08. The third-order valence-corrected chi connectivity index (χ3v) is 1.39. The van der Waals surface area contributed by atoms with E-state index >= 15 is 0 Å². The predicted molar refractivity (Wildman–Crippen MR) is 38.0 cm³/mol. The van der Waals surface area contributed by atoms with Gasteiger partial charge in [-0.15, -0.1) is 0 Å². The maximum Gasteiger partial charge on any atom is 0.0878 e. The van der Waals surface area contributed by atoms with Gasteiger partial charge in [0, 0.05) is 18.0 Å². The maximum atomic E-state index is 4.08. The first-order valence-electron chi connectivity index (χ1n) is 2.91. The van der Waals surface area contributed by atoms with Crippen molar-refractivity contribution in [3.63, 3.8) is 0 Å². The third kappa shape index (κ3) is 0.633. The van der Waals surface area contributed by atoms with E-state index in [1.165, 1.54) is 5.57 Å². The lowest BCUT2D eigenvalue weighted by molar-refractivity contribution is 1.24. The molecule has 0 aromatic heterocycles. The van der Waals surface area contributed by atoms with Crippen molar-refractivity contribution in [3.8, 4) is 0 Å². The second-order valence-electron chi connectivity index (χ2n) is 1.98. The summed E-state index contributed by atoms with van der Waals surface area (Å²) in [6.45, 7) is 0.804. The van der Waals surface area contributed by atoms with Gasteiger partial charge in [-0.25, -0.2) is 0 Å². The molecule has 2 nitrogen and oxygen atoms in total. The van der Waals surface area contributed by atoms with Crippen molar-refractivity contribution >= 4 is 11.9 Å². The van der Waals surface area contributed by atoms with Crippen LogP contribution in [0.5, 0.6) is 0 Å². The van der Waals surface area contributed by atoms with E-state index in [4.69, 9.17) is 0 Å². The summed E-state index contributed by atoms with van der Waals surface area (Å²) < 4.78 is 0. The summed E-state index contributed by atoms with van der Waals surface area (Å²) in [5.74, 6) is 0. The van der Waals surface area contributed by atoms with E-state index in [1.54, 1.807) is 6.20 Å². The Hall–Kier alpha value is -1.18. The lowest BCUT2D eigenvalue weighted by atomic mass is 10.1. The monoisotopic (exact) mass is 118 g/mol. The first-order chi connectivity index (χ1) is 4.47. The zero-order chi connectivity index (χ0) is 6.10. The van der Waals surface area contributed by atoms with Crippen LogP contribution in [-0.2, 0) is 0 Å². The van der Waals surface area contributed by atoms with Gasteiger partial charge in [-0.3, -0.25) is 9.98 Å². The molecule has 2 rings (SSSR count). The summed E-state index contributed by atoms with van der Waals surface area (Å²) in [7, 11) is 0. The molecule has 2 aliphatic rings. The number of allylic oxidation sites excluding steroid dienone is 2. The average Bonchev–Trinajstić information content (AvgIpc) is 2.33. The van der Waals surface area contributed by atoms with Crippen LogP contribution >= 0.6 is 0 Å². The SMILES string of the molecule is C1=CC2=CCN=CC2=N1. The predicted octanol–water partition coefficient (Wildman–Crippen LogP) is 0.965. The molecule has 0 bridgehead atoms. The van der Waals surface area contributed by atoms with Crippen LogP contribution in [0.2, 0.25) is 0 Å². The molecule has 0 aliphatic carbocycles. The molecule has 2 heterocycles. The molecule has 44 valence electrons. The minimum Gasteiger partial charge on any atom is -0.287 e. The molecule has 0 unspecified atom stereocenters. The molecular formula is C7H6N2.